The molecule has 0 aliphatic heterocycles. The molecule has 0 bridgehead atoms. The van der Waals surface area contributed by atoms with Crippen molar-refractivity contribution in [2.24, 2.45) is 0 Å². The van der Waals surface area contributed by atoms with Crippen molar-refractivity contribution in [1.29, 1.82) is 0 Å². The SMILES string of the molecule is CCC(CSC)N(C)S(=O)(=O)c1sc(N)nc1C. The molecule has 1 heterocycles. The van der Waals surface area contributed by atoms with Crippen LogP contribution < -0.4 is 5.73 Å². The van der Waals surface area contributed by atoms with Crippen LogP contribution in [0.5, 0.6) is 0 Å². The molecule has 1 aromatic heterocycles. The third kappa shape index (κ3) is 3.17. The lowest BCUT2D eigenvalue weighted by Gasteiger charge is -2.25. The van der Waals surface area contributed by atoms with Crippen molar-refractivity contribution in [2.75, 3.05) is 24.8 Å². The minimum absolute atomic E-state index is 0.00674. The summed E-state index contributed by atoms with van der Waals surface area (Å²) in [4.78, 5) is 3.98. The molecule has 0 saturated heterocycles. The van der Waals surface area contributed by atoms with Gasteiger partial charge in [0.15, 0.2) is 9.34 Å². The van der Waals surface area contributed by atoms with E-state index in [4.69, 9.17) is 5.73 Å². The molecule has 0 saturated carbocycles. The Morgan fingerprint density at radius 2 is 2.17 bits per heavy atom. The number of rotatable bonds is 6. The van der Waals surface area contributed by atoms with Gasteiger partial charge in [-0.2, -0.15) is 16.1 Å². The Morgan fingerprint density at radius 1 is 1.56 bits per heavy atom. The Hall–Kier alpha value is -0.310. The molecule has 104 valence electrons. The lowest BCUT2D eigenvalue weighted by atomic mass is 10.3. The molecule has 0 fully saturated rings. The summed E-state index contributed by atoms with van der Waals surface area (Å²) in [5.74, 6) is 0.777. The summed E-state index contributed by atoms with van der Waals surface area (Å²) in [6.45, 7) is 3.66. The van der Waals surface area contributed by atoms with Crippen molar-refractivity contribution in [2.45, 2.75) is 30.5 Å². The fourth-order valence-corrected chi connectivity index (χ4v) is 5.47. The lowest BCUT2D eigenvalue weighted by Crippen LogP contribution is -2.38. The zero-order chi connectivity index (χ0) is 13.9. The highest BCUT2D eigenvalue weighted by molar-refractivity contribution is 7.98. The van der Waals surface area contributed by atoms with Crippen molar-refractivity contribution < 1.29 is 8.42 Å². The van der Waals surface area contributed by atoms with Gasteiger partial charge in [0, 0.05) is 18.8 Å². The van der Waals surface area contributed by atoms with Crippen LogP contribution >= 0.6 is 23.1 Å². The normalized spacial score (nSPS) is 14.1. The van der Waals surface area contributed by atoms with Gasteiger partial charge in [-0.1, -0.05) is 18.3 Å². The highest BCUT2D eigenvalue weighted by Crippen LogP contribution is 2.29. The van der Waals surface area contributed by atoms with Crippen LogP contribution in [0.4, 0.5) is 5.13 Å². The van der Waals surface area contributed by atoms with E-state index in [-0.39, 0.29) is 15.4 Å². The Morgan fingerprint density at radius 3 is 2.56 bits per heavy atom. The maximum absolute atomic E-state index is 12.5. The highest BCUT2D eigenvalue weighted by Gasteiger charge is 2.30. The van der Waals surface area contributed by atoms with E-state index in [1.165, 1.54) is 4.31 Å². The van der Waals surface area contributed by atoms with Crippen molar-refractivity contribution in [1.82, 2.24) is 9.29 Å². The van der Waals surface area contributed by atoms with E-state index >= 15 is 0 Å². The third-order valence-electron chi connectivity index (χ3n) is 2.73. The summed E-state index contributed by atoms with van der Waals surface area (Å²) < 4.78 is 26.6. The van der Waals surface area contributed by atoms with Crippen LogP contribution in [-0.2, 0) is 10.0 Å². The predicted octanol–water partition coefficient (Wildman–Crippen LogP) is 1.80. The van der Waals surface area contributed by atoms with E-state index in [9.17, 15) is 8.42 Å². The number of anilines is 1. The monoisotopic (exact) mass is 309 g/mol. The van der Waals surface area contributed by atoms with Crippen LogP contribution in [-0.4, -0.2) is 42.8 Å². The average Bonchev–Trinajstić information content (AvgIpc) is 2.65. The summed E-state index contributed by atoms with van der Waals surface area (Å²) in [6, 6.07) is -0.00674. The molecular formula is C10H19N3O2S3. The average molecular weight is 309 g/mol. The zero-order valence-corrected chi connectivity index (χ0v) is 13.5. The van der Waals surface area contributed by atoms with Crippen LogP contribution in [0.3, 0.4) is 0 Å². The first-order valence-electron chi connectivity index (χ1n) is 5.54. The number of sulfonamides is 1. The molecule has 1 unspecified atom stereocenters. The molecule has 2 N–H and O–H groups in total. The number of nitrogen functional groups attached to an aromatic ring is 1. The fourth-order valence-electron chi connectivity index (χ4n) is 1.64. The van der Waals surface area contributed by atoms with Gasteiger partial charge in [0.2, 0.25) is 0 Å². The van der Waals surface area contributed by atoms with Crippen LogP contribution in [0.2, 0.25) is 0 Å². The summed E-state index contributed by atoms with van der Waals surface area (Å²) >= 11 is 2.67. The molecule has 0 radical (unpaired) electrons. The summed E-state index contributed by atoms with van der Waals surface area (Å²) in [5, 5.41) is 0.289. The zero-order valence-electron chi connectivity index (χ0n) is 11.0. The molecule has 0 aliphatic carbocycles. The maximum atomic E-state index is 12.5. The van der Waals surface area contributed by atoms with E-state index in [1.807, 2.05) is 13.2 Å². The van der Waals surface area contributed by atoms with E-state index in [1.54, 1.807) is 25.7 Å². The third-order valence-corrected chi connectivity index (χ3v) is 6.93. The fraction of sp³-hybridized carbons (Fsp3) is 0.700. The lowest BCUT2D eigenvalue weighted by molar-refractivity contribution is 0.386. The number of nitrogens with zero attached hydrogens (tertiary/aromatic N) is 2. The Kier molecular flexibility index (Phi) is 5.45. The molecular weight excluding hydrogens is 290 g/mol. The molecule has 5 nitrogen and oxygen atoms in total. The van der Waals surface area contributed by atoms with Gasteiger partial charge in [-0.25, -0.2) is 13.4 Å². The highest BCUT2D eigenvalue weighted by atomic mass is 32.2. The van der Waals surface area contributed by atoms with Gasteiger partial charge in [-0.3, -0.25) is 0 Å². The molecule has 1 aromatic rings. The molecule has 0 spiro atoms. The molecule has 18 heavy (non-hydrogen) atoms. The largest absolute Gasteiger partial charge is 0.375 e. The second-order valence-corrected chi connectivity index (χ2v) is 8.10. The smallest absolute Gasteiger partial charge is 0.254 e. The Balaban J connectivity index is 3.09. The first-order valence-corrected chi connectivity index (χ1v) is 9.19. The summed E-state index contributed by atoms with van der Waals surface area (Å²) in [5.41, 5.74) is 6.04. The van der Waals surface area contributed by atoms with Gasteiger partial charge in [0.05, 0.1) is 5.69 Å². The van der Waals surface area contributed by atoms with Gasteiger partial charge in [-0.15, -0.1) is 0 Å². The summed E-state index contributed by atoms with van der Waals surface area (Å²) in [7, 11) is -1.87. The topological polar surface area (TPSA) is 76.3 Å². The molecule has 8 heteroatoms. The molecule has 0 amide bonds. The Labute approximate surface area is 117 Å². The second kappa shape index (κ2) is 6.23. The number of thiazole rings is 1. The number of thioether (sulfide) groups is 1. The van der Waals surface area contributed by atoms with Gasteiger partial charge >= 0.3 is 0 Å². The number of nitrogens with two attached hydrogens (primary N) is 1. The van der Waals surface area contributed by atoms with E-state index in [0.717, 1.165) is 23.5 Å². The van der Waals surface area contributed by atoms with Crippen LogP contribution in [0.25, 0.3) is 0 Å². The van der Waals surface area contributed by atoms with E-state index in [0.29, 0.717) is 5.69 Å². The number of aromatic nitrogens is 1. The van der Waals surface area contributed by atoms with E-state index < -0.39 is 10.0 Å². The first-order chi connectivity index (χ1) is 8.34. The Bertz CT molecular complexity index is 498. The van der Waals surface area contributed by atoms with E-state index in [2.05, 4.69) is 4.98 Å². The predicted molar refractivity (Wildman–Crippen MR) is 78.7 cm³/mol. The first kappa shape index (κ1) is 15.7. The van der Waals surface area contributed by atoms with Crippen LogP contribution in [0.15, 0.2) is 4.21 Å². The van der Waals surface area contributed by atoms with Crippen molar-refractivity contribution >= 4 is 38.3 Å². The maximum Gasteiger partial charge on any atom is 0.254 e. The van der Waals surface area contributed by atoms with Crippen LogP contribution in [0, 0.1) is 6.92 Å². The van der Waals surface area contributed by atoms with Crippen molar-refractivity contribution in [3.05, 3.63) is 5.69 Å². The standard InChI is InChI=1S/C10H19N3O2S3/c1-5-8(6-16-4)13(3)18(14,15)9-7(2)12-10(11)17-9/h8H,5-6H2,1-4H3,(H2,11,12). The van der Waals surface area contributed by atoms with Crippen molar-refractivity contribution in [3.8, 4) is 0 Å². The van der Waals surface area contributed by atoms with Gasteiger partial charge in [0.25, 0.3) is 10.0 Å². The molecule has 1 rings (SSSR count). The number of hydrogen-bond donors (Lipinski definition) is 1. The quantitative estimate of drug-likeness (QED) is 0.867. The van der Waals surface area contributed by atoms with Crippen LogP contribution in [0.1, 0.15) is 19.0 Å². The summed E-state index contributed by atoms with van der Waals surface area (Å²) in [6.07, 6.45) is 2.75. The van der Waals surface area contributed by atoms with Gasteiger partial charge in [0.1, 0.15) is 0 Å². The minimum Gasteiger partial charge on any atom is -0.375 e. The minimum atomic E-state index is -3.49. The molecule has 0 aromatic carbocycles. The molecule has 1 atom stereocenters. The number of hydrogen-bond acceptors (Lipinski definition) is 6. The molecule has 0 aliphatic rings. The van der Waals surface area contributed by atoms with Gasteiger partial charge < -0.3 is 5.73 Å². The second-order valence-electron chi connectivity index (χ2n) is 3.96. The van der Waals surface area contributed by atoms with Gasteiger partial charge in [-0.05, 0) is 19.6 Å². The number of aryl methyl sites for hydroxylation is 1. The van der Waals surface area contributed by atoms with Crippen molar-refractivity contribution in [3.63, 3.8) is 0 Å².